The third-order valence-electron chi connectivity index (χ3n) is 6.54. The van der Waals surface area contributed by atoms with Crippen molar-refractivity contribution in [1.82, 2.24) is 29.5 Å². The van der Waals surface area contributed by atoms with Crippen molar-refractivity contribution in [2.45, 2.75) is 64.5 Å². The van der Waals surface area contributed by atoms with Crippen LogP contribution in [0.1, 0.15) is 49.4 Å². The highest BCUT2D eigenvalue weighted by Gasteiger charge is 2.24. The first kappa shape index (κ1) is 25.0. The minimum Gasteiger partial charge on any atom is -0.453 e. The van der Waals surface area contributed by atoms with Crippen molar-refractivity contribution in [3.05, 3.63) is 35.3 Å². The molecule has 3 aromatic rings. The fourth-order valence-electron chi connectivity index (χ4n) is 4.61. The number of aryl methyl sites for hydroxylation is 1. The fraction of sp³-hybridized carbons (Fsp3) is 0.583. The van der Waals surface area contributed by atoms with Gasteiger partial charge in [-0.25, -0.2) is 23.3 Å². The number of anilines is 2. The number of halogens is 2. The molecule has 2 N–H and O–H groups in total. The molecular weight excluding hydrogens is 454 g/mol. The number of nitrogen functional groups attached to an aromatic ring is 1. The molecule has 3 aromatic heterocycles. The maximum absolute atomic E-state index is 13.3. The minimum atomic E-state index is -2.64. The lowest BCUT2D eigenvalue weighted by molar-refractivity contribution is 0.00115. The van der Waals surface area contributed by atoms with Crippen molar-refractivity contribution < 1.29 is 13.5 Å². The van der Waals surface area contributed by atoms with E-state index in [-0.39, 0.29) is 18.2 Å². The highest BCUT2D eigenvalue weighted by molar-refractivity contribution is 5.60. The molecule has 0 saturated carbocycles. The van der Waals surface area contributed by atoms with Crippen molar-refractivity contribution in [1.29, 1.82) is 0 Å². The molecule has 1 aliphatic rings. The maximum Gasteiger partial charge on any atom is 0.336 e. The topological polar surface area (TPSA) is 97.7 Å². The lowest BCUT2D eigenvalue weighted by Gasteiger charge is -2.36. The van der Waals surface area contributed by atoms with E-state index in [0.717, 1.165) is 48.6 Å². The predicted molar refractivity (Wildman–Crippen MR) is 131 cm³/mol. The smallest absolute Gasteiger partial charge is 0.336 e. The molecule has 0 bridgehead atoms. The largest absolute Gasteiger partial charge is 0.453 e. The second kappa shape index (κ2) is 10.7. The Morgan fingerprint density at radius 2 is 1.94 bits per heavy atom. The predicted octanol–water partition coefficient (Wildman–Crippen LogP) is 3.34. The summed E-state index contributed by atoms with van der Waals surface area (Å²) in [7, 11) is 4.27. The molecular formula is C24H34F2N8O. The summed E-state index contributed by atoms with van der Waals surface area (Å²) in [6.07, 6.45) is 3.10. The molecule has 0 spiro atoms. The van der Waals surface area contributed by atoms with E-state index in [1.54, 1.807) is 6.20 Å². The van der Waals surface area contributed by atoms with E-state index in [2.05, 4.69) is 52.0 Å². The van der Waals surface area contributed by atoms with Gasteiger partial charge in [-0.3, -0.25) is 0 Å². The molecule has 1 unspecified atom stereocenters. The van der Waals surface area contributed by atoms with Gasteiger partial charge in [0.2, 0.25) is 0 Å². The SMILES string of the molecule is CCCC(Oc1nc(N)c2ncc(Cc3cnc(N4CCC(N(C)C)CC4)c(C)c3)n2n1)C(F)F. The summed E-state index contributed by atoms with van der Waals surface area (Å²) in [5, 5.41) is 4.31. The van der Waals surface area contributed by atoms with Gasteiger partial charge >= 0.3 is 6.01 Å². The van der Waals surface area contributed by atoms with Gasteiger partial charge in [0, 0.05) is 31.7 Å². The number of nitrogens with two attached hydrogens (primary N) is 1. The van der Waals surface area contributed by atoms with Crippen molar-refractivity contribution >= 4 is 17.3 Å². The van der Waals surface area contributed by atoms with Gasteiger partial charge in [-0.15, -0.1) is 5.10 Å². The molecule has 11 heteroatoms. The Labute approximate surface area is 204 Å². The van der Waals surface area contributed by atoms with Crippen molar-refractivity contribution in [2.75, 3.05) is 37.8 Å². The van der Waals surface area contributed by atoms with Crippen LogP contribution in [0.4, 0.5) is 20.4 Å². The number of rotatable bonds is 9. The molecule has 1 aliphatic heterocycles. The van der Waals surface area contributed by atoms with Crippen LogP contribution in [0.25, 0.3) is 5.65 Å². The van der Waals surface area contributed by atoms with E-state index in [0.29, 0.717) is 24.5 Å². The van der Waals surface area contributed by atoms with Crippen molar-refractivity contribution in [3.63, 3.8) is 0 Å². The first-order valence-corrected chi connectivity index (χ1v) is 12.1. The summed E-state index contributed by atoms with van der Waals surface area (Å²) >= 11 is 0. The lowest BCUT2D eigenvalue weighted by Crippen LogP contribution is -2.42. The summed E-state index contributed by atoms with van der Waals surface area (Å²) in [5.74, 6) is 1.09. The van der Waals surface area contributed by atoms with Gasteiger partial charge in [-0.05, 0) is 51.4 Å². The molecule has 190 valence electrons. The molecule has 4 heterocycles. The maximum atomic E-state index is 13.3. The minimum absolute atomic E-state index is 0.0801. The fourth-order valence-corrected chi connectivity index (χ4v) is 4.61. The molecule has 1 saturated heterocycles. The average Bonchev–Trinajstić information content (AvgIpc) is 3.22. The number of aromatic nitrogens is 5. The van der Waals surface area contributed by atoms with Crippen molar-refractivity contribution in [3.8, 4) is 6.01 Å². The average molecular weight is 489 g/mol. The monoisotopic (exact) mass is 488 g/mol. The zero-order chi connectivity index (χ0) is 25.1. The number of piperidine rings is 1. The van der Waals surface area contributed by atoms with Crippen LogP contribution >= 0.6 is 0 Å². The molecule has 0 amide bonds. The van der Waals surface area contributed by atoms with Crippen LogP contribution in [0.15, 0.2) is 18.5 Å². The van der Waals surface area contributed by atoms with Gasteiger partial charge in [0.15, 0.2) is 17.6 Å². The molecule has 35 heavy (non-hydrogen) atoms. The van der Waals surface area contributed by atoms with E-state index < -0.39 is 12.5 Å². The quantitative estimate of drug-likeness (QED) is 0.490. The van der Waals surface area contributed by atoms with Crippen LogP contribution < -0.4 is 15.4 Å². The Morgan fingerprint density at radius 3 is 2.57 bits per heavy atom. The number of hydrogen-bond acceptors (Lipinski definition) is 8. The molecule has 1 atom stereocenters. The highest BCUT2D eigenvalue weighted by atomic mass is 19.3. The number of pyridine rings is 1. The van der Waals surface area contributed by atoms with Crippen LogP contribution in [0.5, 0.6) is 6.01 Å². The Balaban J connectivity index is 1.52. The standard InChI is InChI=1S/C24H34F2N8O/c1-5-6-19(20(25)26)35-24-30-21(27)23-29-14-18(34(23)31-24)12-16-11-15(2)22(28-13-16)33-9-7-17(8-10-33)32(3)4/h11,13-14,17,19-20H,5-10,12H2,1-4H3,(H2,27,30,31). The summed E-state index contributed by atoms with van der Waals surface area (Å²) in [6.45, 7) is 5.86. The van der Waals surface area contributed by atoms with Crippen LogP contribution in [0.3, 0.4) is 0 Å². The number of imidazole rings is 1. The normalized spacial score (nSPS) is 15.9. The summed E-state index contributed by atoms with van der Waals surface area (Å²) < 4.78 is 33.5. The first-order valence-electron chi connectivity index (χ1n) is 12.1. The molecule has 0 aromatic carbocycles. The number of ether oxygens (including phenoxy) is 1. The molecule has 0 aliphatic carbocycles. The van der Waals surface area contributed by atoms with Crippen LogP contribution in [-0.2, 0) is 6.42 Å². The third-order valence-corrected chi connectivity index (χ3v) is 6.54. The van der Waals surface area contributed by atoms with E-state index in [1.165, 1.54) is 4.52 Å². The van der Waals surface area contributed by atoms with E-state index in [4.69, 9.17) is 15.5 Å². The molecule has 0 radical (unpaired) electrons. The van der Waals surface area contributed by atoms with Gasteiger partial charge in [-0.1, -0.05) is 19.4 Å². The van der Waals surface area contributed by atoms with Gasteiger partial charge < -0.3 is 20.3 Å². The Kier molecular flexibility index (Phi) is 7.63. The van der Waals surface area contributed by atoms with Gasteiger partial charge in [0.1, 0.15) is 5.82 Å². The van der Waals surface area contributed by atoms with Crippen LogP contribution in [0.2, 0.25) is 0 Å². The van der Waals surface area contributed by atoms with Crippen LogP contribution in [-0.4, -0.2) is 75.2 Å². The zero-order valence-electron chi connectivity index (χ0n) is 20.8. The van der Waals surface area contributed by atoms with Crippen molar-refractivity contribution in [2.24, 2.45) is 0 Å². The Hall–Kier alpha value is -3.08. The Morgan fingerprint density at radius 1 is 1.20 bits per heavy atom. The number of nitrogens with zero attached hydrogens (tertiary/aromatic N) is 7. The van der Waals surface area contributed by atoms with Gasteiger partial charge in [0.25, 0.3) is 6.43 Å². The van der Waals surface area contributed by atoms with Crippen LogP contribution in [0, 0.1) is 6.92 Å². The van der Waals surface area contributed by atoms with Gasteiger partial charge in [0.05, 0.1) is 11.9 Å². The first-order chi connectivity index (χ1) is 16.8. The summed E-state index contributed by atoms with van der Waals surface area (Å²) in [6, 6.07) is 2.55. The number of fused-ring (bicyclic) bond motifs is 1. The molecule has 1 fully saturated rings. The summed E-state index contributed by atoms with van der Waals surface area (Å²) in [5.41, 5.74) is 9.23. The van der Waals surface area contributed by atoms with E-state index >= 15 is 0 Å². The third kappa shape index (κ3) is 5.61. The second-order valence-electron chi connectivity index (χ2n) is 9.39. The molecule has 4 rings (SSSR count). The lowest BCUT2D eigenvalue weighted by atomic mass is 10.0. The second-order valence-corrected chi connectivity index (χ2v) is 9.39. The van der Waals surface area contributed by atoms with E-state index in [1.807, 2.05) is 13.1 Å². The number of hydrogen-bond donors (Lipinski definition) is 1. The summed E-state index contributed by atoms with van der Waals surface area (Å²) in [4.78, 5) is 17.7. The van der Waals surface area contributed by atoms with E-state index in [9.17, 15) is 8.78 Å². The highest BCUT2D eigenvalue weighted by Crippen LogP contribution is 2.25. The Bertz CT molecular complexity index is 1140. The molecule has 9 nitrogen and oxygen atoms in total. The van der Waals surface area contributed by atoms with Gasteiger partial charge in [-0.2, -0.15) is 4.98 Å². The zero-order valence-corrected chi connectivity index (χ0v) is 20.8. The number of alkyl halides is 2.